The Bertz CT molecular complexity index is 1540. The van der Waals surface area contributed by atoms with Gasteiger partial charge in [0.05, 0.1) is 34.5 Å². The summed E-state index contributed by atoms with van der Waals surface area (Å²) in [5.74, 6) is -1.77. The van der Waals surface area contributed by atoms with Crippen molar-refractivity contribution in [1.29, 1.82) is 0 Å². The van der Waals surface area contributed by atoms with E-state index in [9.17, 15) is 19.8 Å². The molecule has 9 heteroatoms. The number of aliphatic hydroxyl groups excluding tert-OH is 1. The number of anilines is 1. The number of methoxy groups -OCH3 is 1. The summed E-state index contributed by atoms with van der Waals surface area (Å²) in [7, 11) is 1.43. The lowest BCUT2D eigenvalue weighted by Gasteiger charge is -2.23. The summed E-state index contributed by atoms with van der Waals surface area (Å²) >= 11 is 7.46. The van der Waals surface area contributed by atoms with Gasteiger partial charge in [0.1, 0.15) is 17.3 Å². The van der Waals surface area contributed by atoms with Gasteiger partial charge < -0.3 is 14.9 Å². The van der Waals surface area contributed by atoms with Crippen molar-refractivity contribution >= 4 is 55.7 Å². The van der Waals surface area contributed by atoms with E-state index in [1.807, 2.05) is 18.2 Å². The summed E-state index contributed by atoms with van der Waals surface area (Å²) in [5.41, 5.74) is 2.41. The third-order valence-corrected chi connectivity index (χ3v) is 7.38. The Kier molecular flexibility index (Phi) is 6.15. The molecule has 1 aliphatic heterocycles. The first kappa shape index (κ1) is 23.8. The molecule has 0 spiro atoms. The number of carbonyl (C=O) groups excluding carboxylic acids is 2. The van der Waals surface area contributed by atoms with Crippen LogP contribution in [-0.2, 0) is 16.0 Å². The molecule has 3 aromatic carbocycles. The highest BCUT2D eigenvalue weighted by molar-refractivity contribution is 7.22. The highest BCUT2D eigenvalue weighted by Crippen LogP contribution is 2.45. The Labute approximate surface area is 215 Å². The number of benzene rings is 3. The monoisotopic (exact) mass is 520 g/mol. The van der Waals surface area contributed by atoms with Gasteiger partial charge in [-0.15, -0.1) is 0 Å². The fourth-order valence-electron chi connectivity index (χ4n) is 4.29. The van der Waals surface area contributed by atoms with Gasteiger partial charge >= 0.3 is 5.91 Å². The number of hydrogen-bond acceptors (Lipinski definition) is 7. The van der Waals surface area contributed by atoms with E-state index < -0.39 is 23.5 Å². The van der Waals surface area contributed by atoms with Crippen molar-refractivity contribution in [2.45, 2.75) is 19.4 Å². The first-order valence-electron chi connectivity index (χ1n) is 11.2. The van der Waals surface area contributed by atoms with E-state index in [0.29, 0.717) is 27.0 Å². The van der Waals surface area contributed by atoms with E-state index in [4.69, 9.17) is 16.3 Å². The molecule has 4 aromatic rings. The minimum absolute atomic E-state index is 0.0271. The molecule has 1 saturated heterocycles. The normalized spacial score (nSPS) is 17.2. The summed E-state index contributed by atoms with van der Waals surface area (Å²) in [4.78, 5) is 32.7. The molecular weight excluding hydrogens is 500 g/mol. The van der Waals surface area contributed by atoms with Gasteiger partial charge in [0.25, 0.3) is 5.78 Å². The van der Waals surface area contributed by atoms with E-state index in [1.165, 1.54) is 41.5 Å². The smallest absolute Gasteiger partial charge is 0.301 e. The van der Waals surface area contributed by atoms with Gasteiger partial charge in [-0.2, -0.15) is 0 Å². The van der Waals surface area contributed by atoms with Crippen molar-refractivity contribution < 1.29 is 24.5 Å². The number of aryl methyl sites for hydroxylation is 1. The number of aliphatic hydroxyl groups is 1. The molecule has 1 atom stereocenters. The average Bonchev–Trinajstić information content (AvgIpc) is 3.41. The molecule has 1 aromatic heterocycles. The van der Waals surface area contributed by atoms with Crippen LogP contribution < -0.4 is 9.64 Å². The van der Waals surface area contributed by atoms with Crippen molar-refractivity contribution in [1.82, 2.24) is 4.98 Å². The number of hydrogen-bond donors (Lipinski definition) is 2. The zero-order chi connectivity index (χ0) is 25.6. The van der Waals surface area contributed by atoms with Crippen molar-refractivity contribution in [2.24, 2.45) is 0 Å². The average molecular weight is 521 g/mol. The number of thiazole rings is 1. The Hall–Kier alpha value is -3.88. The van der Waals surface area contributed by atoms with Gasteiger partial charge in [0.15, 0.2) is 5.13 Å². The van der Waals surface area contributed by atoms with E-state index in [1.54, 1.807) is 24.3 Å². The summed E-state index contributed by atoms with van der Waals surface area (Å²) in [6.07, 6.45) is 0.850. The Morgan fingerprint density at radius 1 is 1.11 bits per heavy atom. The standard InChI is InChI=1S/C27H21ClN2O5S/c1-3-14-4-10-19-21(12-14)36-27(29-19)30-23(15-5-8-17(31)9-6-15)22(25(33)26(30)34)24(32)18-13-16(28)7-11-20(18)35-2/h4-13,23,31-32H,3H2,1-2H3/b24-22+. The van der Waals surface area contributed by atoms with E-state index in [0.717, 1.165) is 16.7 Å². The topological polar surface area (TPSA) is 100.0 Å². The highest BCUT2D eigenvalue weighted by atomic mass is 35.5. The fourth-order valence-corrected chi connectivity index (χ4v) is 5.52. The summed E-state index contributed by atoms with van der Waals surface area (Å²) in [6, 6.07) is 15.7. The number of aromatic hydroxyl groups is 1. The zero-order valence-corrected chi connectivity index (χ0v) is 20.9. The second kappa shape index (κ2) is 9.29. The summed E-state index contributed by atoms with van der Waals surface area (Å²) in [6.45, 7) is 2.05. The molecule has 0 saturated carbocycles. The lowest BCUT2D eigenvalue weighted by Crippen LogP contribution is -2.29. The zero-order valence-electron chi connectivity index (χ0n) is 19.4. The third kappa shape index (κ3) is 3.98. The SMILES string of the molecule is CCc1ccc2nc(N3C(=O)C(=O)/C(=C(/O)c4cc(Cl)ccc4OC)C3c3ccc(O)cc3)sc2c1. The van der Waals surface area contributed by atoms with Crippen LogP contribution in [0.1, 0.15) is 29.7 Å². The third-order valence-electron chi connectivity index (χ3n) is 6.13. The number of carbonyl (C=O) groups is 2. The molecule has 2 N–H and O–H groups in total. The quantitative estimate of drug-likeness (QED) is 0.194. The molecule has 0 radical (unpaired) electrons. The van der Waals surface area contributed by atoms with Crippen molar-refractivity contribution in [2.75, 3.05) is 12.0 Å². The molecule has 0 bridgehead atoms. The molecule has 5 rings (SSSR count). The first-order chi connectivity index (χ1) is 17.3. The number of aromatic nitrogens is 1. The number of ether oxygens (including phenoxy) is 1. The maximum atomic E-state index is 13.4. The maximum Gasteiger partial charge on any atom is 0.301 e. The van der Waals surface area contributed by atoms with Crippen LogP contribution in [0.25, 0.3) is 16.0 Å². The molecular formula is C27H21ClN2O5S. The Morgan fingerprint density at radius 2 is 1.86 bits per heavy atom. The van der Waals surface area contributed by atoms with Crippen LogP contribution in [0.3, 0.4) is 0 Å². The van der Waals surface area contributed by atoms with Crippen LogP contribution in [0.15, 0.2) is 66.2 Å². The van der Waals surface area contributed by atoms with Crippen LogP contribution in [0, 0.1) is 0 Å². The molecule has 0 aliphatic carbocycles. The molecule has 36 heavy (non-hydrogen) atoms. The molecule has 182 valence electrons. The van der Waals surface area contributed by atoms with Crippen molar-refractivity contribution in [3.8, 4) is 11.5 Å². The minimum atomic E-state index is -0.986. The highest BCUT2D eigenvalue weighted by Gasteiger charge is 2.48. The fraction of sp³-hybridized carbons (Fsp3) is 0.148. The lowest BCUT2D eigenvalue weighted by atomic mass is 9.95. The number of rotatable bonds is 5. The van der Waals surface area contributed by atoms with Gasteiger partial charge in [-0.1, -0.05) is 48.1 Å². The molecule has 1 unspecified atom stereocenters. The number of halogens is 1. The summed E-state index contributed by atoms with van der Waals surface area (Å²) < 4.78 is 6.25. The second-order valence-electron chi connectivity index (χ2n) is 8.26. The number of phenolic OH excluding ortho intramolecular Hbond substituents is 1. The predicted molar refractivity (Wildman–Crippen MR) is 140 cm³/mol. The Balaban J connectivity index is 1.74. The van der Waals surface area contributed by atoms with Crippen LogP contribution >= 0.6 is 22.9 Å². The van der Waals surface area contributed by atoms with E-state index >= 15 is 0 Å². The molecule has 1 fully saturated rings. The van der Waals surface area contributed by atoms with Gasteiger partial charge in [-0.25, -0.2) is 4.98 Å². The van der Waals surface area contributed by atoms with Crippen molar-refractivity contribution in [3.63, 3.8) is 0 Å². The molecule has 1 aliphatic rings. The largest absolute Gasteiger partial charge is 0.508 e. The van der Waals surface area contributed by atoms with Gasteiger partial charge in [-0.05, 0) is 60.0 Å². The van der Waals surface area contributed by atoms with Crippen LogP contribution in [0.5, 0.6) is 11.5 Å². The number of ketones is 1. The van der Waals surface area contributed by atoms with Gasteiger partial charge in [0.2, 0.25) is 0 Å². The minimum Gasteiger partial charge on any atom is -0.508 e. The Morgan fingerprint density at radius 3 is 2.56 bits per heavy atom. The van der Waals surface area contributed by atoms with Crippen LogP contribution in [-0.4, -0.2) is 34.0 Å². The van der Waals surface area contributed by atoms with Crippen LogP contribution in [0.4, 0.5) is 5.13 Å². The molecule has 1 amide bonds. The van der Waals surface area contributed by atoms with E-state index in [2.05, 4.69) is 11.9 Å². The van der Waals surface area contributed by atoms with Gasteiger partial charge in [-0.3, -0.25) is 14.5 Å². The molecule has 2 heterocycles. The lowest BCUT2D eigenvalue weighted by molar-refractivity contribution is -0.132. The molecule has 7 nitrogen and oxygen atoms in total. The first-order valence-corrected chi connectivity index (χ1v) is 12.3. The number of Topliss-reactive ketones (excluding diaryl/α,β-unsaturated/α-hetero) is 1. The number of nitrogens with zero attached hydrogens (tertiary/aromatic N) is 2. The number of fused-ring (bicyclic) bond motifs is 1. The second-order valence-corrected chi connectivity index (χ2v) is 9.70. The van der Waals surface area contributed by atoms with E-state index in [-0.39, 0.29) is 16.9 Å². The number of amides is 1. The van der Waals surface area contributed by atoms with Gasteiger partial charge in [0, 0.05) is 5.02 Å². The number of phenols is 1. The summed E-state index contributed by atoms with van der Waals surface area (Å²) in [5, 5.41) is 21.9. The van der Waals surface area contributed by atoms with Crippen molar-refractivity contribution in [3.05, 3.63) is 87.9 Å². The maximum absolute atomic E-state index is 13.4. The van der Waals surface area contributed by atoms with Crippen LogP contribution in [0.2, 0.25) is 5.02 Å². The predicted octanol–water partition coefficient (Wildman–Crippen LogP) is 5.85.